The molecule has 1 heterocycles. The molecule has 0 bridgehead atoms. The Kier molecular flexibility index (Phi) is 10.9. The number of carbonyl (C=O) groups is 1. The van der Waals surface area contributed by atoms with Crippen molar-refractivity contribution in [3.63, 3.8) is 0 Å². The molecule has 0 fully saturated rings. The molecule has 5 rings (SSSR count). The van der Waals surface area contributed by atoms with Crippen LogP contribution >= 0.6 is 15.9 Å². The molecule has 1 aliphatic rings. The minimum absolute atomic E-state index is 0.0480. The van der Waals surface area contributed by atoms with Crippen LogP contribution in [0.1, 0.15) is 40.3 Å². The topological polar surface area (TPSA) is 138 Å². The molecule has 11 heteroatoms. The number of hydrogen-bond acceptors (Lipinski definition) is 7. The zero-order valence-electron chi connectivity index (χ0n) is 25.3. The molecule has 0 aliphatic carbocycles. The normalized spacial score (nSPS) is 16.9. The first-order valence-corrected chi connectivity index (χ1v) is 15.6. The first-order chi connectivity index (χ1) is 22.5. The molecular weight excluding hydrogens is 650 g/mol. The van der Waals surface area contributed by atoms with Gasteiger partial charge in [0.2, 0.25) is 5.90 Å². The number of methoxy groups -OCH3 is 1. The van der Waals surface area contributed by atoms with E-state index in [9.17, 15) is 4.79 Å². The van der Waals surface area contributed by atoms with E-state index < -0.39 is 11.6 Å². The quantitative estimate of drug-likeness (QED) is 0.0648. The average molecular weight is 685 g/mol. The summed E-state index contributed by atoms with van der Waals surface area (Å²) in [6.45, 7) is 0.771. The number of aliphatic hydroxyl groups excluding tert-OH is 1. The van der Waals surface area contributed by atoms with Gasteiger partial charge in [-0.3, -0.25) is 4.79 Å². The Morgan fingerprint density at radius 2 is 1.72 bits per heavy atom. The summed E-state index contributed by atoms with van der Waals surface area (Å²) in [5, 5.41) is 16.0. The zero-order valence-corrected chi connectivity index (χ0v) is 26.9. The van der Waals surface area contributed by atoms with E-state index in [1.165, 1.54) is 0 Å². The standard InChI is InChI=1S/C35H34BrN5O5/c1-44-31-14-7-4-11-27(31)22-38-34(43)35(21-25-9-2-3-10-26(25)23-39-41-37)32(29-12-5-6-13-30(29)36)46-33(40-35)24-15-17-28(18-16-24)45-20-8-19-42/h2-7,9-18,32,42H,8,19-23H2,1H3,(H,38,43)/t32-,35-/m1/s1. The van der Waals surface area contributed by atoms with Crippen LogP contribution in [0.5, 0.6) is 11.5 Å². The van der Waals surface area contributed by atoms with Crippen LogP contribution < -0.4 is 14.8 Å². The van der Waals surface area contributed by atoms with Crippen molar-refractivity contribution in [2.45, 2.75) is 37.6 Å². The van der Waals surface area contributed by atoms with Crippen LogP contribution in [0, 0.1) is 0 Å². The van der Waals surface area contributed by atoms with Gasteiger partial charge in [0.15, 0.2) is 11.6 Å². The maximum absolute atomic E-state index is 14.7. The van der Waals surface area contributed by atoms with Crippen molar-refractivity contribution < 1.29 is 24.1 Å². The summed E-state index contributed by atoms with van der Waals surface area (Å²) in [6, 6.07) is 30.0. The number of nitrogens with one attached hydrogen (secondary N) is 1. The number of azide groups is 1. The molecule has 0 radical (unpaired) electrons. The largest absolute Gasteiger partial charge is 0.496 e. The number of benzene rings is 4. The van der Waals surface area contributed by atoms with Gasteiger partial charge in [-0.15, -0.1) is 0 Å². The number of aliphatic imine (C=N–C) groups is 1. The lowest BCUT2D eigenvalue weighted by molar-refractivity contribution is -0.129. The van der Waals surface area contributed by atoms with Gasteiger partial charge in [-0.2, -0.15) is 0 Å². The highest BCUT2D eigenvalue weighted by Gasteiger charge is 2.54. The number of para-hydroxylation sites is 1. The van der Waals surface area contributed by atoms with Gasteiger partial charge in [0.25, 0.3) is 5.91 Å². The molecular formula is C35H34BrN5O5. The third-order valence-corrected chi connectivity index (χ3v) is 8.45. The summed E-state index contributed by atoms with van der Waals surface area (Å²) in [4.78, 5) is 22.7. The Morgan fingerprint density at radius 1 is 1.02 bits per heavy atom. The van der Waals surface area contributed by atoms with E-state index in [0.29, 0.717) is 36.0 Å². The molecule has 0 unspecified atom stereocenters. The van der Waals surface area contributed by atoms with Crippen LogP contribution in [0.25, 0.3) is 10.4 Å². The summed E-state index contributed by atoms with van der Waals surface area (Å²) >= 11 is 3.68. The van der Waals surface area contributed by atoms with Gasteiger partial charge in [0, 0.05) is 52.1 Å². The number of aliphatic hydroxyl groups is 1. The van der Waals surface area contributed by atoms with Gasteiger partial charge in [-0.1, -0.05) is 81.7 Å². The fraction of sp³-hybridized carbons (Fsp3) is 0.257. The molecule has 0 saturated carbocycles. The van der Waals surface area contributed by atoms with Crippen molar-refractivity contribution in [2.75, 3.05) is 20.3 Å². The number of amides is 1. The van der Waals surface area contributed by atoms with E-state index in [1.807, 2.05) is 97.1 Å². The van der Waals surface area contributed by atoms with Crippen molar-refractivity contribution in [2.24, 2.45) is 10.1 Å². The van der Waals surface area contributed by atoms with Crippen molar-refractivity contribution in [1.82, 2.24) is 5.32 Å². The highest BCUT2D eigenvalue weighted by Crippen LogP contribution is 2.45. The number of hydrogen-bond donors (Lipinski definition) is 2. The Bertz CT molecular complexity index is 1740. The van der Waals surface area contributed by atoms with E-state index >= 15 is 0 Å². The number of carbonyl (C=O) groups excluding carboxylic acids is 1. The summed E-state index contributed by atoms with van der Waals surface area (Å²) in [5.74, 6) is 1.28. The van der Waals surface area contributed by atoms with Gasteiger partial charge in [-0.05, 0) is 53.1 Å². The van der Waals surface area contributed by atoms with Gasteiger partial charge >= 0.3 is 0 Å². The Morgan fingerprint density at radius 3 is 2.43 bits per heavy atom. The smallest absolute Gasteiger partial charge is 0.252 e. The second-order valence-electron chi connectivity index (χ2n) is 10.6. The van der Waals surface area contributed by atoms with Gasteiger partial charge in [0.1, 0.15) is 11.5 Å². The molecule has 0 saturated heterocycles. The molecule has 4 aromatic rings. The van der Waals surface area contributed by atoms with E-state index in [2.05, 4.69) is 31.3 Å². The van der Waals surface area contributed by atoms with Crippen molar-refractivity contribution in [3.8, 4) is 11.5 Å². The molecule has 0 aromatic heterocycles. The fourth-order valence-electron chi connectivity index (χ4n) is 5.41. The maximum atomic E-state index is 14.7. The number of ether oxygens (including phenoxy) is 3. The van der Waals surface area contributed by atoms with Crippen LogP contribution in [0.4, 0.5) is 0 Å². The summed E-state index contributed by atoms with van der Waals surface area (Å²) in [5.41, 5.74) is 11.4. The van der Waals surface area contributed by atoms with E-state index in [0.717, 1.165) is 26.7 Å². The van der Waals surface area contributed by atoms with E-state index in [1.54, 1.807) is 7.11 Å². The molecule has 4 aromatic carbocycles. The summed E-state index contributed by atoms with van der Waals surface area (Å²) in [6.07, 6.45) is -0.123. The third kappa shape index (κ3) is 7.34. The average Bonchev–Trinajstić information content (AvgIpc) is 3.47. The molecule has 46 heavy (non-hydrogen) atoms. The van der Waals surface area contributed by atoms with E-state index in [-0.39, 0.29) is 32.0 Å². The van der Waals surface area contributed by atoms with Crippen molar-refractivity contribution in [3.05, 3.63) is 140 Å². The van der Waals surface area contributed by atoms with Crippen LogP contribution in [-0.4, -0.2) is 42.8 Å². The first kappa shape index (κ1) is 32.6. The Balaban J connectivity index is 1.61. The molecule has 1 aliphatic heterocycles. The van der Waals surface area contributed by atoms with Gasteiger partial charge < -0.3 is 24.6 Å². The van der Waals surface area contributed by atoms with Gasteiger partial charge in [0.05, 0.1) is 20.3 Å². The predicted octanol–water partition coefficient (Wildman–Crippen LogP) is 6.85. The van der Waals surface area contributed by atoms with Crippen LogP contribution in [0.2, 0.25) is 0 Å². The number of halogens is 1. The number of nitrogens with zero attached hydrogens (tertiary/aromatic N) is 4. The second-order valence-corrected chi connectivity index (χ2v) is 11.5. The van der Waals surface area contributed by atoms with Crippen molar-refractivity contribution >= 4 is 27.7 Å². The lowest BCUT2D eigenvalue weighted by Gasteiger charge is -2.32. The Hall–Kier alpha value is -4.83. The molecule has 0 spiro atoms. The second kappa shape index (κ2) is 15.4. The minimum Gasteiger partial charge on any atom is -0.496 e. The monoisotopic (exact) mass is 683 g/mol. The maximum Gasteiger partial charge on any atom is 0.252 e. The molecule has 10 nitrogen and oxygen atoms in total. The highest BCUT2D eigenvalue weighted by atomic mass is 79.9. The summed E-state index contributed by atoms with van der Waals surface area (Å²) in [7, 11) is 1.59. The van der Waals surface area contributed by atoms with E-state index in [4.69, 9.17) is 29.8 Å². The Labute approximate surface area is 275 Å². The lowest BCUT2D eigenvalue weighted by Crippen LogP contribution is -2.50. The highest BCUT2D eigenvalue weighted by molar-refractivity contribution is 9.10. The van der Waals surface area contributed by atoms with Crippen molar-refractivity contribution in [1.29, 1.82) is 0 Å². The molecule has 2 atom stereocenters. The SMILES string of the molecule is COc1ccccc1CNC(=O)[C@]1(Cc2ccccc2CN=[N+]=[N-])N=C(c2ccc(OCCCO)cc2)O[C@@H]1c1ccccc1Br. The fourth-order valence-corrected chi connectivity index (χ4v) is 5.90. The molecule has 236 valence electrons. The van der Waals surface area contributed by atoms with Crippen LogP contribution in [-0.2, 0) is 29.0 Å². The van der Waals surface area contributed by atoms with Gasteiger partial charge in [-0.25, -0.2) is 4.99 Å². The lowest BCUT2D eigenvalue weighted by atomic mass is 9.81. The molecule has 2 N–H and O–H groups in total. The minimum atomic E-state index is -1.45. The zero-order chi connectivity index (χ0) is 32.4. The first-order valence-electron chi connectivity index (χ1n) is 14.8. The third-order valence-electron chi connectivity index (χ3n) is 7.73. The summed E-state index contributed by atoms with van der Waals surface area (Å²) < 4.78 is 18.7. The van der Waals surface area contributed by atoms with Crippen LogP contribution in [0.3, 0.4) is 0 Å². The van der Waals surface area contributed by atoms with Crippen LogP contribution in [0.15, 0.2) is 112 Å². The molecule has 1 amide bonds. The predicted molar refractivity (Wildman–Crippen MR) is 179 cm³/mol. The number of rotatable bonds is 14.